The third kappa shape index (κ3) is 5.56. The summed E-state index contributed by atoms with van der Waals surface area (Å²) in [6.45, 7) is 0.416. The van der Waals surface area contributed by atoms with E-state index in [0.717, 1.165) is 18.2 Å². The Balaban J connectivity index is 1.71. The summed E-state index contributed by atoms with van der Waals surface area (Å²) in [5.74, 6) is -0.0490. The lowest BCUT2D eigenvalue weighted by Crippen LogP contribution is -2.42. The lowest BCUT2D eigenvalue weighted by atomic mass is 9.96. The Labute approximate surface area is 182 Å². The summed E-state index contributed by atoms with van der Waals surface area (Å²) in [7, 11) is 0. The second-order valence-corrected chi connectivity index (χ2v) is 6.93. The average molecular weight is 452 g/mol. The van der Waals surface area contributed by atoms with Gasteiger partial charge in [-0.2, -0.15) is 13.2 Å². The van der Waals surface area contributed by atoms with Crippen LogP contribution in [0, 0.1) is 5.82 Å². The van der Waals surface area contributed by atoms with Crippen LogP contribution in [0.15, 0.2) is 72.8 Å². The van der Waals surface area contributed by atoms with Gasteiger partial charge in [0.25, 0.3) is 5.67 Å². The maximum absolute atomic E-state index is 15.1. The number of benzene rings is 3. The van der Waals surface area contributed by atoms with Crippen molar-refractivity contribution >= 4 is 0 Å². The molecule has 0 aliphatic heterocycles. The maximum atomic E-state index is 15.1. The number of para-hydroxylation sites is 1. The van der Waals surface area contributed by atoms with E-state index in [1.54, 1.807) is 37.3 Å². The van der Waals surface area contributed by atoms with Crippen LogP contribution in [-0.4, -0.2) is 19.4 Å². The van der Waals surface area contributed by atoms with Gasteiger partial charge in [0.15, 0.2) is 11.6 Å². The Bertz CT molecular complexity index is 1010. The molecule has 0 saturated carbocycles. The van der Waals surface area contributed by atoms with Crippen LogP contribution in [0.25, 0.3) is 0 Å². The van der Waals surface area contributed by atoms with Crippen LogP contribution < -0.4 is 9.47 Å². The molecule has 3 aromatic rings. The van der Waals surface area contributed by atoms with Crippen molar-refractivity contribution in [1.82, 2.24) is 0 Å². The Kier molecular flexibility index (Phi) is 7.35. The lowest BCUT2D eigenvalue weighted by Gasteiger charge is -2.28. The van der Waals surface area contributed by atoms with Crippen molar-refractivity contribution in [3.8, 4) is 17.2 Å². The second-order valence-electron chi connectivity index (χ2n) is 6.93. The van der Waals surface area contributed by atoms with Crippen molar-refractivity contribution in [3.63, 3.8) is 0 Å². The monoisotopic (exact) mass is 452 g/mol. The van der Waals surface area contributed by atoms with Crippen molar-refractivity contribution < 1.29 is 36.2 Å². The summed E-state index contributed by atoms with van der Waals surface area (Å²) in [6.07, 6.45) is -5.20. The molecule has 1 atom stereocenters. The molecule has 32 heavy (non-hydrogen) atoms. The first-order chi connectivity index (χ1) is 15.2. The van der Waals surface area contributed by atoms with Gasteiger partial charge in [-0.3, -0.25) is 0 Å². The standard InChI is InChI=1S/C24H21F5O3/c1-2-31-19-11-9-18(10-12-19)23(26,24(27,28)29)16-30-15-17-8-13-21(25)22(14-17)32-20-6-4-3-5-7-20/h3-14H,2,15-16H2,1H3. The van der Waals surface area contributed by atoms with E-state index >= 15 is 4.39 Å². The van der Waals surface area contributed by atoms with Crippen molar-refractivity contribution in [2.75, 3.05) is 13.2 Å². The minimum atomic E-state index is -5.20. The van der Waals surface area contributed by atoms with Gasteiger partial charge in [-0.1, -0.05) is 36.4 Å². The quantitative estimate of drug-likeness (QED) is 0.329. The highest BCUT2D eigenvalue weighted by Crippen LogP contribution is 2.43. The summed E-state index contributed by atoms with van der Waals surface area (Å²) >= 11 is 0. The summed E-state index contributed by atoms with van der Waals surface area (Å²) in [6, 6.07) is 16.7. The fourth-order valence-electron chi connectivity index (χ4n) is 2.95. The van der Waals surface area contributed by atoms with Crippen LogP contribution in [0.1, 0.15) is 18.1 Å². The molecule has 170 valence electrons. The maximum Gasteiger partial charge on any atom is 0.429 e. The molecule has 0 heterocycles. The fraction of sp³-hybridized carbons (Fsp3) is 0.250. The number of hydrogen-bond donors (Lipinski definition) is 0. The lowest BCUT2D eigenvalue weighted by molar-refractivity contribution is -0.252. The summed E-state index contributed by atoms with van der Waals surface area (Å²) < 4.78 is 85.6. The molecule has 0 amide bonds. The van der Waals surface area contributed by atoms with Crippen LogP contribution >= 0.6 is 0 Å². The molecule has 0 N–H and O–H groups in total. The summed E-state index contributed by atoms with van der Waals surface area (Å²) in [5.41, 5.74) is -3.99. The topological polar surface area (TPSA) is 27.7 Å². The molecule has 0 saturated heterocycles. The summed E-state index contributed by atoms with van der Waals surface area (Å²) in [5, 5.41) is 0. The molecule has 1 unspecified atom stereocenters. The van der Waals surface area contributed by atoms with E-state index in [4.69, 9.17) is 14.2 Å². The van der Waals surface area contributed by atoms with E-state index in [-0.39, 0.29) is 12.4 Å². The number of rotatable bonds is 9. The molecular weight excluding hydrogens is 431 g/mol. The van der Waals surface area contributed by atoms with Gasteiger partial charge in [0.1, 0.15) is 11.5 Å². The predicted molar refractivity (Wildman–Crippen MR) is 109 cm³/mol. The van der Waals surface area contributed by atoms with E-state index in [1.165, 1.54) is 24.3 Å². The van der Waals surface area contributed by atoms with Gasteiger partial charge >= 0.3 is 6.18 Å². The average Bonchev–Trinajstić information content (AvgIpc) is 2.76. The van der Waals surface area contributed by atoms with Crippen LogP contribution in [0.5, 0.6) is 17.2 Å². The van der Waals surface area contributed by atoms with Crippen LogP contribution in [0.4, 0.5) is 22.0 Å². The molecule has 0 bridgehead atoms. The molecular formula is C24H21F5O3. The molecule has 0 fully saturated rings. The molecule has 3 aromatic carbocycles. The van der Waals surface area contributed by atoms with E-state index in [1.807, 2.05) is 0 Å². The summed E-state index contributed by atoms with van der Waals surface area (Å²) in [4.78, 5) is 0. The van der Waals surface area contributed by atoms with Crippen molar-refractivity contribution in [2.45, 2.75) is 25.4 Å². The van der Waals surface area contributed by atoms with Gasteiger partial charge in [-0.25, -0.2) is 8.78 Å². The highest BCUT2D eigenvalue weighted by molar-refractivity contribution is 5.35. The number of hydrogen-bond acceptors (Lipinski definition) is 3. The third-order valence-corrected chi connectivity index (χ3v) is 4.61. The van der Waals surface area contributed by atoms with Crippen molar-refractivity contribution in [1.29, 1.82) is 0 Å². The first kappa shape index (κ1) is 23.5. The smallest absolute Gasteiger partial charge is 0.429 e. The molecule has 0 aromatic heterocycles. The largest absolute Gasteiger partial charge is 0.494 e. The fourth-order valence-corrected chi connectivity index (χ4v) is 2.95. The molecule has 0 aliphatic carbocycles. The van der Waals surface area contributed by atoms with Crippen LogP contribution in [-0.2, 0) is 17.0 Å². The zero-order chi connectivity index (χ0) is 23.2. The highest BCUT2D eigenvalue weighted by atomic mass is 19.4. The normalized spacial score (nSPS) is 13.4. The van der Waals surface area contributed by atoms with Crippen molar-refractivity contribution in [3.05, 3.63) is 89.7 Å². The Morgan fingerprint density at radius 3 is 2.12 bits per heavy atom. The zero-order valence-corrected chi connectivity index (χ0v) is 17.2. The Morgan fingerprint density at radius 2 is 1.50 bits per heavy atom. The molecule has 0 radical (unpaired) electrons. The zero-order valence-electron chi connectivity index (χ0n) is 17.2. The number of ether oxygens (including phenoxy) is 3. The van der Waals surface area contributed by atoms with E-state index < -0.39 is 29.8 Å². The van der Waals surface area contributed by atoms with Crippen LogP contribution in [0.2, 0.25) is 0 Å². The second kappa shape index (κ2) is 9.99. The molecule has 3 rings (SSSR count). The van der Waals surface area contributed by atoms with Crippen LogP contribution in [0.3, 0.4) is 0 Å². The minimum Gasteiger partial charge on any atom is -0.494 e. The van der Waals surface area contributed by atoms with Gasteiger partial charge in [0.05, 0.1) is 19.8 Å². The molecule has 3 nitrogen and oxygen atoms in total. The third-order valence-electron chi connectivity index (χ3n) is 4.61. The van der Waals surface area contributed by atoms with Gasteiger partial charge in [0, 0.05) is 5.56 Å². The Morgan fingerprint density at radius 1 is 0.812 bits per heavy atom. The number of halogens is 5. The van der Waals surface area contributed by atoms with Crippen molar-refractivity contribution in [2.24, 2.45) is 0 Å². The first-order valence-corrected chi connectivity index (χ1v) is 9.81. The van der Waals surface area contributed by atoms with Gasteiger partial charge in [-0.05, 0) is 48.9 Å². The van der Waals surface area contributed by atoms with E-state index in [9.17, 15) is 17.6 Å². The van der Waals surface area contributed by atoms with Gasteiger partial charge < -0.3 is 14.2 Å². The van der Waals surface area contributed by atoms with Gasteiger partial charge in [-0.15, -0.1) is 0 Å². The Hall–Kier alpha value is -3.13. The van der Waals surface area contributed by atoms with E-state index in [2.05, 4.69) is 0 Å². The minimum absolute atomic E-state index is 0.119. The number of alkyl halides is 4. The molecule has 0 aliphatic rings. The highest BCUT2D eigenvalue weighted by Gasteiger charge is 2.57. The predicted octanol–water partition coefficient (Wildman–Crippen LogP) is 6.96. The molecule has 8 heteroatoms. The van der Waals surface area contributed by atoms with E-state index in [0.29, 0.717) is 23.7 Å². The van der Waals surface area contributed by atoms with Gasteiger partial charge in [0.2, 0.25) is 0 Å². The SMILES string of the molecule is CCOc1ccc(C(F)(COCc2ccc(F)c(Oc3ccccc3)c2)C(F)(F)F)cc1. The molecule has 0 spiro atoms. The first-order valence-electron chi connectivity index (χ1n) is 9.81.